The van der Waals surface area contributed by atoms with Gasteiger partial charge in [-0.15, -0.1) is 10.1 Å². The van der Waals surface area contributed by atoms with E-state index < -0.39 is 16.9 Å². The maximum Gasteiger partial charge on any atom is 0.294 e. The fourth-order valence-electron chi connectivity index (χ4n) is 2.27. The van der Waals surface area contributed by atoms with Crippen LogP contribution in [0.2, 0.25) is 0 Å². The summed E-state index contributed by atoms with van der Waals surface area (Å²) in [5, 5.41) is 9.18. The third kappa shape index (κ3) is 4.19. The first-order valence-corrected chi connectivity index (χ1v) is 7.45. The van der Waals surface area contributed by atoms with E-state index in [1.807, 2.05) is 19.0 Å². The molecule has 0 atom stereocenters. The van der Waals surface area contributed by atoms with Crippen LogP contribution in [0.15, 0.2) is 18.2 Å². The molecule has 2 rings (SSSR count). The monoisotopic (exact) mass is 337 g/mol. The molecule has 130 valence electrons. The second kappa shape index (κ2) is 7.73. The van der Waals surface area contributed by atoms with Gasteiger partial charge in [0.15, 0.2) is 0 Å². The van der Waals surface area contributed by atoms with Crippen LogP contribution in [0, 0.1) is 10.1 Å². The van der Waals surface area contributed by atoms with E-state index in [1.54, 1.807) is 18.2 Å². The van der Waals surface area contributed by atoms with Gasteiger partial charge in [0, 0.05) is 13.1 Å². The number of nitrogens with zero attached hydrogens (tertiary/aromatic N) is 3. The molecular weight excluding hydrogens is 318 g/mol. The van der Waals surface area contributed by atoms with E-state index in [-0.39, 0.29) is 25.1 Å². The largest absolute Gasteiger partial charge is 0.492 e. The van der Waals surface area contributed by atoms with E-state index in [1.165, 1.54) is 0 Å². The number of hydrogen-bond acceptors (Lipinski definition) is 7. The summed E-state index contributed by atoms with van der Waals surface area (Å²) in [6.45, 7) is 1.10. The maximum atomic E-state index is 12.3. The lowest BCUT2D eigenvalue weighted by Crippen LogP contribution is -2.31. The van der Waals surface area contributed by atoms with Gasteiger partial charge in [-0.1, -0.05) is 0 Å². The summed E-state index contributed by atoms with van der Waals surface area (Å²) in [4.78, 5) is 41.9. The Morgan fingerprint density at radius 2 is 1.88 bits per heavy atom. The molecule has 0 saturated heterocycles. The molecule has 0 spiro atoms. The average molecular weight is 337 g/mol. The number of hydrogen-bond donors (Lipinski definition) is 0. The molecular formula is C15H19N3O6. The Balaban J connectivity index is 1.98. The highest BCUT2D eigenvalue weighted by Crippen LogP contribution is 2.27. The average Bonchev–Trinajstić information content (AvgIpc) is 2.75. The number of carbonyl (C=O) groups excluding carboxylic acids is 2. The number of carbonyl (C=O) groups is 2. The smallest absolute Gasteiger partial charge is 0.294 e. The summed E-state index contributed by atoms with van der Waals surface area (Å²) in [5.74, 6) is -0.305. The number of amides is 2. The molecule has 9 nitrogen and oxygen atoms in total. The number of rotatable bonds is 9. The molecule has 9 heteroatoms. The van der Waals surface area contributed by atoms with E-state index in [0.717, 1.165) is 11.4 Å². The molecule has 1 aliphatic rings. The van der Waals surface area contributed by atoms with Crippen LogP contribution in [-0.2, 0) is 4.84 Å². The van der Waals surface area contributed by atoms with Crippen molar-refractivity contribution in [1.82, 2.24) is 9.80 Å². The number of fused-ring (bicyclic) bond motifs is 1. The van der Waals surface area contributed by atoms with Gasteiger partial charge >= 0.3 is 0 Å². The summed E-state index contributed by atoms with van der Waals surface area (Å²) >= 11 is 0. The van der Waals surface area contributed by atoms with Crippen LogP contribution in [0.1, 0.15) is 27.1 Å². The molecule has 0 saturated carbocycles. The van der Waals surface area contributed by atoms with Gasteiger partial charge in [0.2, 0.25) is 0 Å². The fraction of sp³-hybridized carbons (Fsp3) is 0.467. The molecule has 0 aliphatic carbocycles. The quantitative estimate of drug-likeness (QED) is 0.284. The van der Waals surface area contributed by atoms with E-state index in [2.05, 4.69) is 4.84 Å². The fourth-order valence-corrected chi connectivity index (χ4v) is 2.27. The molecule has 0 unspecified atom stereocenters. The SMILES string of the molecule is CN(C)CCOc1ccc2c(c1)C(=O)N(CCCO[N+](=O)[O-])C2=O. The van der Waals surface area contributed by atoms with Gasteiger partial charge in [-0.25, -0.2) is 0 Å². The van der Waals surface area contributed by atoms with Crippen LogP contribution >= 0.6 is 0 Å². The second-order valence-corrected chi connectivity index (χ2v) is 5.53. The predicted molar refractivity (Wildman–Crippen MR) is 83.4 cm³/mol. The summed E-state index contributed by atoms with van der Waals surface area (Å²) in [6.07, 6.45) is 0.193. The Labute approximate surface area is 138 Å². The van der Waals surface area contributed by atoms with E-state index >= 15 is 0 Å². The van der Waals surface area contributed by atoms with Crippen molar-refractivity contribution >= 4 is 11.8 Å². The van der Waals surface area contributed by atoms with Crippen molar-refractivity contribution < 1.29 is 24.3 Å². The van der Waals surface area contributed by atoms with Gasteiger partial charge in [0.1, 0.15) is 12.4 Å². The minimum atomic E-state index is -0.903. The maximum absolute atomic E-state index is 12.3. The Kier molecular flexibility index (Phi) is 5.69. The zero-order valence-electron chi connectivity index (χ0n) is 13.6. The molecule has 0 bridgehead atoms. The predicted octanol–water partition coefficient (Wildman–Crippen LogP) is 0.821. The van der Waals surface area contributed by atoms with Gasteiger partial charge in [0.05, 0.1) is 17.7 Å². The third-order valence-corrected chi connectivity index (χ3v) is 3.47. The van der Waals surface area contributed by atoms with Crippen LogP contribution in [0.5, 0.6) is 5.75 Å². The Hall–Kier alpha value is -2.68. The van der Waals surface area contributed by atoms with Crippen molar-refractivity contribution in [2.45, 2.75) is 6.42 Å². The molecule has 1 aliphatic heterocycles. The van der Waals surface area contributed by atoms with E-state index in [0.29, 0.717) is 17.9 Å². The van der Waals surface area contributed by atoms with Crippen molar-refractivity contribution in [3.8, 4) is 5.75 Å². The summed E-state index contributed by atoms with van der Waals surface area (Å²) in [5.41, 5.74) is 0.604. The van der Waals surface area contributed by atoms with E-state index in [4.69, 9.17) is 4.74 Å². The standard InChI is InChI=1S/C15H19N3O6/c1-16(2)7-9-23-11-4-5-12-13(10-11)15(20)17(14(12)19)6-3-8-24-18(21)22/h4-5,10H,3,6-9H2,1-2H3. The van der Waals surface area contributed by atoms with Gasteiger partial charge in [-0.05, 0) is 38.7 Å². The second-order valence-electron chi connectivity index (χ2n) is 5.53. The first kappa shape index (κ1) is 17.7. The summed E-state index contributed by atoms with van der Waals surface area (Å²) in [7, 11) is 3.85. The Morgan fingerprint density at radius 1 is 1.17 bits per heavy atom. The topological polar surface area (TPSA) is 102 Å². The van der Waals surface area contributed by atoms with Gasteiger partial charge in [-0.3, -0.25) is 14.5 Å². The lowest BCUT2D eigenvalue weighted by molar-refractivity contribution is -0.757. The molecule has 0 fully saturated rings. The number of likely N-dealkylation sites (N-methyl/N-ethyl adjacent to an activating group) is 1. The normalized spacial score (nSPS) is 13.4. The summed E-state index contributed by atoms with van der Waals surface area (Å²) < 4.78 is 5.57. The highest BCUT2D eigenvalue weighted by molar-refractivity contribution is 6.21. The number of benzene rings is 1. The molecule has 0 radical (unpaired) electrons. The Bertz CT molecular complexity index is 646. The Morgan fingerprint density at radius 3 is 2.54 bits per heavy atom. The minimum absolute atomic E-state index is 0.0665. The first-order chi connectivity index (χ1) is 11.4. The van der Waals surface area contributed by atoms with Crippen LogP contribution in [0.25, 0.3) is 0 Å². The van der Waals surface area contributed by atoms with Crippen molar-refractivity contribution in [2.24, 2.45) is 0 Å². The van der Waals surface area contributed by atoms with Gasteiger partial charge in [-0.2, -0.15) is 0 Å². The molecule has 2 amide bonds. The molecule has 1 aromatic carbocycles. The molecule has 1 aromatic rings. The number of ether oxygens (including phenoxy) is 1. The van der Waals surface area contributed by atoms with Crippen LogP contribution in [0.3, 0.4) is 0 Å². The van der Waals surface area contributed by atoms with E-state index in [9.17, 15) is 19.7 Å². The summed E-state index contributed by atoms with van der Waals surface area (Å²) in [6, 6.07) is 4.77. The lowest BCUT2D eigenvalue weighted by Gasteiger charge is -2.12. The minimum Gasteiger partial charge on any atom is -0.492 e. The van der Waals surface area contributed by atoms with Crippen molar-refractivity contribution in [3.05, 3.63) is 39.4 Å². The number of imide groups is 1. The van der Waals surface area contributed by atoms with Crippen LogP contribution < -0.4 is 4.74 Å². The lowest BCUT2D eigenvalue weighted by atomic mass is 10.1. The van der Waals surface area contributed by atoms with Crippen molar-refractivity contribution in [2.75, 3.05) is 40.4 Å². The van der Waals surface area contributed by atoms with Crippen LogP contribution in [0.4, 0.5) is 0 Å². The van der Waals surface area contributed by atoms with Gasteiger partial charge < -0.3 is 14.5 Å². The third-order valence-electron chi connectivity index (χ3n) is 3.47. The van der Waals surface area contributed by atoms with Crippen molar-refractivity contribution in [1.29, 1.82) is 0 Å². The highest BCUT2D eigenvalue weighted by atomic mass is 16.9. The van der Waals surface area contributed by atoms with Crippen LogP contribution in [-0.4, -0.2) is 67.1 Å². The van der Waals surface area contributed by atoms with Crippen molar-refractivity contribution in [3.63, 3.8) is 0 Å². The van der Waals surface area contributed by atoms with Gasteiger partial charge in [0.25, 0.3) is 16.9 Å². The first-order valence-electron chi connectivity index (χ1n) is 7.45. The zero-order valence-corrected chi connectivity index (χ0v) is 13.6. The zero-order chi connectivity index (χ0) is 17.7. The molecule has 24 heavy (non-hydrogen) atoms. The molecule has 0 aromatic heterocycles. The molecule has 0 N–H and O–H groups in total. The highest BCUT2D eigenvalue weighted by Gasteiger charge is 2.35. The molecule has 1 heterocycles.